The minimum Gasteiger partial charge on any atom is -0.197 e. The smallest absolute Gasteiger partial charge is 0.197 e. The summed E-state index contributed by atoms with van der Waals surface area (Å²) in [6.07, 6.45) is 0.664. The first-order valence-electron chi connectivity index (χ1n) is 5.31. The fourth-order valence-corrected chi connectivity index (χ4v) is 1.65. The van der Waals surface area contributed by atoms with E-state index in [1.807, 2.05) is 36.4 Å². The van der Waals surface area contributed by atoms with Crippen molar-refractivity contribution >= 4 is 0 Å². The van der Waals surface area contributed by atoms with Gasteiger partial charge in [0.05, 0.1) is 0 Å². The fourth-order valence-electron chi connectivity index (χ4n) is 1.65. The van der Waals surface area contributed by atoms with Gasteiger partial charge in [0, 0.05) is 5.56 Å². The molecule has 0 saturated carbocycles. The molecule has 17 heavy (non-hydrogen) atoms. The molecule has 0 radical (unpaired) electrons. The Bertz CT molecular complexity index is 515. The molecule has 0 unspecified atom stereocenters. The topological polar surface area (TPSA) is 0 Å². The number of rotatable bonds is 3. The summed E-state index contributed by atoms with van der Waals surface area (Å²) in [6, 6.07) is 15.8. The van der Waals surface area contributed by atoms with Crippen molar-refractivity contribution in [2.24, 2.45) is 0 Å². The van der Waals surface area contributed by atoms with Crippen molar-refractivity contribution in [1.29, 1.82) is 0 Å². The molecule has 2 rings (SSSR count). The molecule has 2 heteroatoms. The summed E-state index contributed by atoms with van der Waals surface area (Å²) < 4.78 is 26.9. The van der Waals surface area contributed by atoms with Crippen LogP contribution in [0.4, 0.5) is 8.78 Å². The Morgan fingerprint density at radius 2 is 1.53 bits per heavy atom. The Labute approximate surface area is 99.2 Å². The third kappa shape index (κ3) is 2.41. The summed E-state index contributed by atoms with van der Waals surface area (Å²) in [7, 11) is 0. The number of benzene rings is 2. The quantitative estimate of drug-likeness (QED) is 0.674. The van der Waals surface area contributed by atoms with Crippen LogP contribution in [0, 0.1) is 0 Å². The predicted molar refractivity (Wildman–Crippen MR) is 66.0 cm³/mol. The number of hydrogen-bond acceptors (Lipinski definition) is 0. The molecule has 0 heterocycles. The van der Waals surface area contributed by atoms with Crippen molar-refractivity contribution in [3.8, 4) is 11.1 Å². The number of alkyl halides is 2. The molecule has 2 aromatic carbocycles. The Hall–Kier alpha value is -1.96. The van der Waals surface area contributed by atoms with E-state index in [4.69, 9.17) is 0 Å². The molecule has 0 nitrogen and oxygen atoms in total. The van der Waals surface area contributed by atoms with Crippen LogP contribution in [0.3, 0.4) is 0 Å². The molecule has 0 saturated heterocycles. The molecule has 0 bridgehead atoms. The van der Waals surface area contributed by atoms with E-state index in [0.717, 1.165) is 11.1 Å². The van der Waals surface area contributed by atoms with Gasteiger partial charge >= 0.3 is 0 Å². The second kappa shape index (κ2) is 4.50. The van der Waals surface area contributed by atoms with E-state index in [2.05, 4.69) is 6.58 Å². The van der Waals surface area contributed by atoms with Gasteiger partial charge in [-0.3, -0.25) is 0 Å². The van der Waals surface area contributed by atoms with Crippen molar-refractivity contribution in [2.45, 2.75) is 5.92 Å². The zero-order chi connectivity index (χ0) is 12.3. The van der Waals surface area contributed by atoms with E-state index in [0.29, 0.717) is 6.08 Å². The Kier molecular flexibility index (Phi) is 3.05. The fraction of sp³-hybridized carbons (Fsp3) is 0.0667. The third-order valence-electron chi connectivity index (χ3n) is 2.61. The molecular weight excluding hydrogens is 218 g/mol. The van der Waals surface area contributed by atoms with Crippen LogP contribution >= 0.6 is 0 Å². The maximum atomic E-state index is 13.5. The monoisotopic (exact) mass is 230 g/mol. The standard InChI is InChI=1S/C15H12F2/c1-2-15(16,17)14-10-6-9-13(11-14)12-7-4-3-5-8-12/h2-11H,1H2. The van der Waals surface area contributed by atoms with Crippen molar-refractivity contribution < 1.29 is 8.78 Å². The third-order valence-corrected chi connectivity index (χ3v) is 2.61. The summed E-state index contributed by atoms with van der Waals surface area (Å²) in [6.45, 7) is 3.16. The predicted octanol–water partition coefficient (Wildman–Crippen LogP) is 4.63. The average Bonchev–Trinajstić information content (AvgIpc) is 2.40. The highest BCUT2D eigenvalue weighted by Crippen LogP contribution is 2.31. The van der Waals surface area contributed by atoms with Gasteiger partial charge in [-0.1, -0.05) is 55.1 Å². The number of hydrogen-bond donors (Lipinski definition) is 0. The number of allylic oxidation sites excluding steroid dienone is 1. The second-order valence-corrected chi connectivity index (χ2v) is 3.77. The molecule has 0 aliphatic carbocycles. The molecule has 0 atom stereocenters. The average molecular weight is 230 g/mol. The molecule has 0 aliphatic rings. The molecule has 2 aromatic rings. The van der Waals surface area contributed by atoms with Crippen LogP contribution in [0.1, 0.15) is 5.56 Å². The lowest BCUT2D eigenvalue weighted by molar-refractivity contribution is 0.0526. The van der Waals surface area contributed by atoms with Crippen LogP contribution in [0.2, 0.25) is 0 Å². The molecule has 0 aromatic heterocycles. The lowest BCUT2D eigenvalue weighted by atomic mass is 10.0. The van der Waals surface area contributed by atoms with E-state index in [9.17, 15) is 8.78 Å². The SMILES string of the molecule is C=CC(F)(F)c1cccc(-c2ccccc2)c1. The lowest BCUT2D eigenvalue weighted by Gasteiger charge is -2.13. The van der Waals surface area contributed by atoms with Gasteiger partial charge < -0.3 is 0 Å². The van der Waals surface area contributed by atoms with Gasteiger partial charge in [-0.2, -0.15) is 8.78 Å². The number of halogens is 2. The van der Waals surface area contributed by atoms with Crippen molar-refractivity contribution in [3.05, 3.63) is 72.8 Å². The molecular formula is C15H12F2. The normalized spacial score (nSPS) is 11.2. The lowest BCUT2D eigenvalue weighted by Crippen LogP contribution is -2.08. The highest BCUT2D eigenvalue weighted by atomic mass is 19.3. The first-order valence-corrected chi connectivity index (χ1v) is 5.31. The van der Waals surface area contributed by atoms with E-state index >= 15 is 0 Å². The highest BCUT2D eigenvalue weighted by Gasteiger charge is 2.26. The molecule has 0 N–H and O–H groups in total. The Morgan fingerprint density at radius 3 is 2.18 bits per heavy atom. The minimum absolute atomic E-state index is 0.0335. The first kappa shape index (κ1) is 11.5. The van der Waals surface area contributed by atoms with Crippen LogP contribution < -0.4 is 0 Å². The van der Waals surface area contributed by atoms with E-state index in [-0.39, 0.29) is 5.56 Å². The van der Waals surface area contributed by atoms with Gasteiger partial charge in [-0.05, 0) is 23.3 Å². The maximum absolute atomic E-state index is 13.5. The van der Waals surface area contributed by atoms with Gasteiger partial charge in [-0.15, -0.1) is 0 Å². The van der Waals surface area contributed by atoms with E-state index in [1.165, 1.54) is 12.1 Å². The molecule has 86 valence electrons. The van der Waals surface area contributed by atoms with Gasteiger partial charge in [0.2, 0.25) is 0 Å². The van der Waals surface area contributed by atoms with Crippen molar-refractivity contribution in [1.82, 2.24) is 0 Å². The van der Waals surface area contributed by atoms with Crippen LogP contribution in [0.15, 0.2) is 67.3 Å². The van der Waals surface area contributed by atoms with Crippen LogP contribution in [0.25, 0.3) is 11.1 Å². The summed E-state index contributed by atoms with van der Waals surface area (Å²) in [5.41, 5.74) is 1.67. The van der Waals surface area contributed by atoms with Crippen LogP contribution in [-0.2, 0) is 5.92 Å². The van der Waals surface area contributed by atoms with Gasteiger partial charge in [0.25, 0.3) is 5.92 Å². The van der Waals surface area contributed by atoms with Crippen molar-refractivity contribution in [2.75, 3.05) is 0 Å². The Morgan fingerprint density at radius 1 is 0.882 bits per heavy atom. The van der Waals surface area contributed by atoms with Gasteiger partial charge in [-0.25, -0.2) is 0 Å². The van der Waals surface area contributed by atoms with Crippen LogP contribution in [-0.4, -0.2) is 0 Å². The first-order chi connectivity index (χ1) is 8.13. The van der Waals surface area contributed by atoms with Gasteiger partial charge in [0.1, 0.15) is 0 Å². The summed E-state index contributed by atoms with van der Waals surface area (Å²) in [5, 5.41) is 0. The highest BCUT2D eigenvalue weighted by molar-refractivity contribution is 5.64. The van der Waals surface area contributed by atoms with Crippen molar-refractivity contribution in [3.63, 3.8) is 0 Å². The zero-order valence-electron chi connectivity index (χ0n) is 9.24. The van der Waals surface area contributed by atoms with Gasteiger partial charge in [0.15, 0.2) is 0 Å². The zero-order valence-corrected chi connectivity index (χ0v) is 9.24. The largest absolute Gasteiger partial charge is 0.291 e. The molecule has 0 fully saturated rings. The molecule has 0 spiro atoms. The van der Waals surface area contributed by atoms with E-state index < -0.39 is 5.92 Å². The molecule has 0 aliphatic heterocycles. The minimum atomic E-state index is -2.98. The maximum Gasteiger partial charge on any atom is 0.291 e. The van der Waals surface area contributed by atoms with E-state index in [1.54, 1.807) is 6.07 Å². The summed E-state index contributed by atoms with van der Waals surface area (Å²) in [5.74, 6) is -2.98. The molecule has 0 amide bonds. The summed E-state index contributed by atoms with van der Waals surface area (Å²) in [4.78, 5) is 0. The Balaban J connectivity index is 2.46. The second-order valence-electron chi connectivity index (χ2n) is 3.77. The summed E-state index contributed by atoms with van der Waals surface area (Å²) >= 11 is 0. The van der Waals surface area contributed by atoms with Crippen LogP contribution in [0.5, 0.6) is 0 Å².